The van der Waals surface area contributed by atoms with Gasteiger partial charge in [-0.2, -0.15) is 0 Å². The number of hydrogen-bond donors (Lipinski definition) is 1. The molecule has 168 valence electrons. The van der Waals surface area contributed by atoms with Gasteiger partial charge in [0, 0.05) is 5.56 Å². The summed E-state index contributed by atoms with van der Waals surface area (Å²) in [6.45, 7) is 6.03. The predicted octanol–water partition coefficient (Wildman–Crippen LogP) is 6.44. The van der Waals surface area contributed by atoms with E-state index >= 15 is 0 Å². The molecule has 3 aromatic carbocycles. The number of aromatic nitrogens is 2. The lowest BCUT2D eigenvalue weighted by atomic mass is 10.1. The molecular formula is C29H31N3O. The molecule has 4 aromatic rings. The van der Waals surface area contributed by atoms with Gasteiger partial charge in [0.2, 0.25) is 5.91 Å². The van der Waals surface area contributed by atoms with Gasteiger partial charge in [0.05, 0.1) is 24.0 Å². The highest BCUT2D eigenvalue weighted by Gasteiger charge is 2.13. The molecule has 1 aromatic heterocycles. The fourth-order valence-corrected chi connectivity index (χ4v) is 3.43. The third-order valence-corrected chi connectivity index (χ3v) is 5.15. The van der Waals surface area contributed by atoms with Crippen molar-refractivity contribution in [1.82, 2.24) is 9.97 Å². The fourth-order valence-electron chi connectivity index (χ4n) is 3.43. The number of aryl methyl sites for hydroxylation is 3. The van der Waals surface area contributed by atoms with Gasteiger partial charge < -0.3 is 5.32 Å². The maximum Gasteiger partial charge on any atom is 0.229 e. The molecule has 0 aliphatic heterocycles. The van der Waals surface area contributed by atoms with E-state index in [0.29, 0.717) is 18.7 Å². The number of anilines is 1. The van der Waals surface area contributed by atoms with Crippen LogP contribution in [-0.4, -0.2) is 15.9 Å². The number of nitrogens with one attached hydrogen (secondary N) is 1. The lowest BCUT2D eigenvalue weighted by Crippen LogP contribution is -2.17. The van der Waals surface area contributed by atoms with E-state index in [1.165, 1.54) is 11.1 Å². The van der Waals surface area contributed by atoms with Gasteiger partial charge in [-0.05, 0) is 30.9 Å². The zero-order valence-corrected chi connectivity index (χ0v) is 19.6. The fraction of sp³-hybridized carbons (Fsp3) is 0.207. The molecule has 4 nitrogen and oxygen atoms in total. The summed E-state index contributed by atoms with van der Waals surface area (Å²) in [4.78, 5) is 22.1. The lowest BCUT2D eigenvalue weighted by molar-refractivity contribution is -0.115. The van der Waals surface area contributed by atoms with Crippen LogP contribution in [0.4, 0.5) is 5.82 Å². The third-order valence-electron chi connectivity index (χ3n) is 5.15. The average Bonchev–Trinajstić information content (AvgIpc) is 2.87. The van der Waals surface area contributed by atoms with Crippen LogP contribution in [0.2, 0.25) is 0 Å². The van der Waals surface area contributed by atoms with Gasteiger partial charge in [-0.1, -0.05) is 104 Å². The minimum absolute atomic E-state index is 0.0911. The van der Waals surface area contributed by atoms with Crippen LogP contribution in [0.5, 0.6) is 0 Å². The molecule has 0 aliphatic carbocycles. The molecular weight excluding hydrogens is 406 g/mol. The highest BCUT2D eigenvalue weighted by molar-refractivity contribution is 5.92. The van der Waals surface area contributed by atoms with E-state index in [9.17, 15) is 4.79 Å². The first-order valence-electron chi connectivity index (χ1n) is 11.5. The monoisotopic (exact) mass is 437 g/mol. The Morgan fingerprint density at radius 1 is 0.788 bits per heavy atom. The summed E-state index contributed by atoms with van der Waals surface area (Å²) < 4.78 is 0. The van der Waals surface area contributed by atoms with Crippen LogP contribution in [-0.2, 0) is 24.1 Å². The van der Waals surface area contributed by atoms with Crippen LogP contribution >= 0.6 is 0 Å². The number of rotatable bonds is 7. The molecule has 0 fully saturated rings. The van der Waals surface area contributed by atoms with Crippen molar-refractivity contribution in [1.29, 1.82) is 0 Å². The molecule has 0 saturated heterocycles. The van der Waals surface area contributed by atoms with Crippen LogP contribution in [0.15, 0.2) is 91.1 Å². The first-order chi connectivity index (χ1) is 16.2. The largest absolute Gasteiger partial charge is 0.309 e. The van der Waals surface area contributed by atoms with Gasteiger partial charge in [0.25, 0.3) is 0 Å². The molecule has 1 amide bonds. The highest BCUT2D eigenvalue weighted by atomic mass is 16.1. The Hall–Kier alpha value is -3.79. The van der Waals surface area contributed by atoms with Crippen molar-refractivity contribution in [3.8, 4) is 11.3 Å². The summed E-state index contributed by atoms with van der Waals surface area (Å²) in [6.07, 6.45) is 3.55. The molecule has 0 saturated carbocycles. The Balaban J connectivity index is 0.00000149. The topological polar surface area (TPSA) is 54.9 Å². The van der Waals surface area contributed by atoms with Gasteiger partial charge in [-0.3, -0.25) is 4.79 Å². The highest BCUT2D eigenvalue weighted by Crippen LogP contribution is 2.21. The van der Waals surface area contributed by atoms with Crippen molar-refractivity contribution >= 4 is 11.7 Å². The van der Waals surface area contributed by atoms with E-state index in [4.69, 9.17) is 4.98 Å². The van der Waals surface area contributed by atoms with Crippen LogP contribution in [0, 0.1) is 6.92 Å². The van der Waals surface area contributed by atoms with E-state index in [-0.39, 0.29) is 5.91 Å². The Morgan fingerprint density at radius 3 is 2.09 bits per heavy atom. The second-order valence-electron chi connectivity index (χ2n) is 7.61. The second kappa shape index (κ2) is 12.3. The molecule has 0 aliphatic rings. The molecule has 0 spiro atoms. The maximum absolute atomic E-state index is 12.7. The molecule has 4 rings (SSSR count). The number of carbonyl (C=O) groups excluding carboxylic acids is 1. The number of hydrogen-bond acceptors (Lipinski definition) is 3. The Bertz CT molecular complexity index is 1140. The normalized spacial score (nSPS) is 10.2. The Labute approximate surface area is 196 Å². The van der Waals surface area contributed by atoms with Gasteiger partial charge in [0.1, 0.15) is 0 Å². The summed E-state index contributed by atoms with van der Waals surface area (Å²) in [5.41, 5.74) is 5.99. The quantitative estimate of drug-likeness (QED) is 0.362. The van der Waals surface area contributed by atoms with Crippen LogP contribution in [0.25, 0.3) is 11.3 Å². The van der Waals surface area contributed by atoms with Gasteiger partial charge in [-0.15, -0.1) is 0 Å². The molecule has 1 N–H and O–H groups in total. The van der Waals surface area contributed by atoms with E-state index in [0.717, 1.165) is 28.9 Å². The average molecular weight is 438 g/mol. The van der Waals surface area contributed by atoms with Crippen molar-refractivity contribution in [3.63, 3.8) is 0 Å². The standard InChI is InChI=1S/C27H25N3O.C2H6/c1-20-12-14-22(15-13-20)18-26(31)30-27-24(17-16-21-8-4-2-5-9-21)29-25(19-28-27)23-10-6-3-7-11-23;1-2/h2-15,19H,16-18H2,1H3,(H,28,30,31);1-2H3. The van der Waals surface area contributed by atoms with Crippen LogP contribution < -0.4 is 5.32 Å². The van der Waals surface area contributed by atoms with Crippen molar-refractivity contribution in [3.05, 3.63) is 114 Å². The summed E-state index contributed by atoms with van der Waals surface area (Å²) in [5.74, 6) is 0.444. The second-order valence-corrected chi connectivity index (χ2v) is 7.61. The summed E-state index contributed by atoms with van der Waals surface area (Å²) in [5, 5.41) is 2.98. The first kappa shape index (κ1) is 23.9. The molecule has 33 heavy (non-hydrogen) atoms. The van der Waals surface area contributed by atoms with Crippen molar-refractivity contribution in [2.24, 2.45) is 0 Å². The maximum atomic E-state index is 12.7. The molecule has 4 heteroatoms. The number of benzene rings is 3. The third kappa shape index (κ3) is 7.11. The van der Waals surface area contributed by atoms with Crippen molar-refractivity contribution < 1.29 is 4.79 Å². The van der Waals surface area contributed by atoms with Gasteiger partial charge in [-0.25, -0.2) is 9.97 Å². The van der Waals surface area contributed by atoms with Crippen molar-refractivity contribution in [2.75, 3.05) is 5.32 Å². The van der Waals surface area contributed by atoms with E-state index in [1.54, 1.807) is 6.20 Å². The molecule has 0 unspecified atom stereocenters. The predicted molar refractivity (Wildman–Crippen MR) is 136 cm³/mol. The number of amides is 1. The Kier molecular flexibility index (Phi) is 8.89. The zero-order chi connectivity index (χ0) is 23.5. The number of carbonyl (C=O) groups is 1. The summed E-state index contributed by atoms with van der Waals surface area (Å²) in [7, 11) is 0. The van der Waals surface area contributed by atoms with E-state index in [2.05, 4.69) is 22.4 Å². The molecule has 0 radical (unpaired) electrons. The minimum Gasteiger partial charge on any atom is -0.309 e. The van der Waals surface area contributed by atoms with E-state index in [1.807, 2.05) is 93.6 Å². The zero-order valence-electron chi connectivity index (χ0n) is 19.6. The van der Waals surface area contributed by atoms with Crippen LogP contribution in [0.3, 0.4) is 0 Å². The molecule has 0 atom stereocenters. The van der Waals surface area contributed by atoms with Gasteiger partial charge in [0.15, 0.2) is 5.82 Å². The van der Waals surface area contributed by atoms with Gasteiger partial charge >= 0.3 is 0 Å². The summed E-state index contributed by atoms with van der Waals surface area (Å²) >= 11 is 0. The van der Waals surface area contributed by atoms with Crippen LogP contribution in [0.1, 0.15) is 36.2 Å². The SMILES string of the molecule is CC.Cc1ccc(CC(=O)Nc2ncc(-c3ccccc3)nc2CCc2ccccc2)cc1. The van der Waals surface area contributed by atoms with E-state index < -0.39 is 0 Å². The smallest absolute Gasteiger partial charge is 0.229 e. The summed E-state index contributed by atoms with van der Waals surface area (Å²) in [6, 6.07) is 28.3. The molecule has 1 heterocycles. The number of nitrogens with zero attached hydrogens (tertiary/aromatic N) is 2. The van der Waals surface area contributed by atoms with Crippen molar-refractivity contribution in [2.45, 2.75) is 40.0 Å². The first-order valence-corrected chi connectivity index (χ1v) is 11.5. The Morgan fingerprint density at radius 2 is 1.42 bits per heavy atom. The lowest BCUT2D eigenvalue weighted by Gasteiger charge is -2.12. The molecule has 0 bridgehead atoms. The minimum atomic E-state index is -0.0911.